The minimum absolute atomic E-state index is 0.166. The fourth-order valence-electron chi connectivity index (χ4n) is 0.0264. The number of carbonyl (C=O) groups excluding carboxylic acids is 1. The molecule has 0 saturated carbocycles. The average Bonchev–Trinajstić information content (AvgIpc) is 1.65. The molecule has 35 valence electrons. The van der Waals surface area contributed by atoms with Crippen molar-refractivity contribution >= 4 is 18.6 Å². The maximum absolute atomic E-state index is 9.88. The molecule has 6 heavy (non-hydrogen) atoms. The number of rotatable bonds is 1. The van der Waals surface area contributed by atoms with Crippen LogP contribution in [0.15, 0.2) is 0 Å². The normalized spacial score (nSPS) is 7.50. The molecule has 0 fully saturated rings. The molecule has 0 heterocycles. The second-order valence-corrected chi connectivity index (χ2v) is 1.34. The third-order valence-electron chi connectivity index (χ3n) is 0.222. The Labute approximate surface area is 53.0 Å². The zero-order chi connectivity index (χ0) is 4.99. The molecule has 0 aliphatic heterocycles. The summed E-state index contributed by atoms with van der Waals surface area (Å²) in [6, 6.07) is 0. The SMILES string of the molecule is O=C(CS)[O][Mo]. The van der Waals surface area contributed by atoms with Gasteiger partial charge >= 0.3 is 52.7 Å². The van der Waals surface area contributed by atoms with Crippen molar-refractivity contribution in [3.63, 3.8) is 0 Å². The van der Waals surface area contributed by atoms with Gasteiger partial charge in [0.1, 0.15) is 0 Å². The summed E-state index contributed by atoms with van der Waals surface area (Å²) in [5.41, 5.74) is 0. The molecule has 0 saturated heterocycles. The third kappa shape index (κ3) is 2.73. The summed E-state index contributed by atoms with van der Waals surface area (Å²) in [6.07, 6.45) is 0. The molecule has 4 heteroatoms. The van der Waals surface area contributed by atoms with E-state index in [1.807, 2.05) is 0 Å². The Morgan fingerprint density at radius 3 is 2.50 bits per heavy atom. The summed E-state index contributed by atoms with van der Waals surface area (Å²) in [5, 5.41) is 0. The van der Waals surface area contributed by atoms with E-state index >= 15 is 0 Å². The van der Waals surface area contributed by atoms with Gasteiger partial charge in [0, 0.05) is 0 Å². The van der Waals surface area contributed by atoms with E-state index in [4.69, 9.17) is 0 Å². The number of carbonyl (C=O) groups is 1. The van der Waals surface area contributed by atoms with E-state index in [0.717, 1.165) is 0 Å². The van der Waals surface area contributed by atoms with Crippen LogP contribution in [-0.4, -0.2) is 11.7 Å². The average molecular weight is 187 g/mol. The fourth-order valence-corrected chi connectivity index (χ4v) is 0.468. The molecule has 0 aromatic rings. The summed E-state index contributed by atoms with van der Waals surface area (Å²) < 4.78 is 4.19. The van der Waals surface area contributed by atoms with Crippen molar-refractivity contribution in [2.45, 2.75) is 0 Å². The van der Waals surface area contributed by atoms with E-state index in [1.54, 1.807) is 0 Å². The first-order valence-electron chi connectivity index (χ1n) is 1.24. The molecule has 0 radical (unpaired) electrons. The van der Waals surface area contributed by atoms with E-state index in [-0.39, 0.29) is 11.7 Å². The molecule has 0 amide bonds. The van der Waals surface area contributed by atoms with Crippen molar-refractivity contribution < 1.29 is 28.4 Å². The van der Waals surface area contributed by atoms with Crippen LogP contribution < -0.4 is 0 Å². The van der Waals surface area contributed by atoms with Gasteiger partial charge in [0.2, 0.25) is 0 Å². The molecule has 0 spiro atoms. The van der Waals surface area contributed by atoms with Gasteiger partial charge in [0.25, 0.3) is 0 Å². The molecule has 0 N–H and O–H groups in total. The van der Waals surface area contributed by atoms with Gasteiger partial charge in [-0.25, -0.2) is 0 Å². The molecule has 0 aromatic carbocycles. The quantitative estimate of drug-likeness (QED) is 0.459. The summed E-state index contributed by atoms with van der Waals surface area (Å²) in [4.78, 5) is 9.88. The van der Waals surface area contributed by atoms with Crippen LogP contribution in [0.3, 0.4) is 0 Å². The van der Waals surface area contributed by atoms with Crippen LogP contribution in [0, 0.1) is 0 Å². The van der Waals surface area contributed by atoms with Gasteiger partial charge in [0.15, 0.2) is 0 Å². The molecule has 0 aromatic heterocycles. The topological polar surface area (TPSA) is 26.3 Å². The van der Waals surface area contributed by atoms with Crippen molar-refractivity contribution in [3.05, 3.63) is 0 Å². The summed E-state index contributed by atoms with van der Waals surface area (Å²) in [5.74, 6) is -0.123. The first kappa shape index (κ1) is 6.51. The Bertz CT molecular complexity index is 49.5. The number of hydrogen-bond donors (Lipinski definition) is 1. The van der Waals surface area contributed by atoms with Crippen LogP contribution >= 0.6 is 12.6 Å². The van der Waals surface area contributed by atoms with Gasteiger partial charge in [0.05, 0.1) is 0 Å². The van der Waals surface area contributed by atoms with Crippen molar-refractivity contribution in [3.8, 4) is 0 Å². The van der Waals surface area contributed by atoms with Crippen LogP contribution in [0.1, 0.15) is 0 Å². The summed E-state index contributed by atoms with van der Waals surface area (Å²) >= 11 is 4.89. The van der Waals surface area contributed by atoms with Crippen LogP contribution in [-0.2, 0) is 28.4 Å². The van der Waals surface area contributed by atoms with Gasteiger partial charge < -0.3 is 0 Å². The third-order valence-corrected chi connectivity index (χ3v) is 0.937. The van der Waals surface area contributed by atoms with Gasteiger partial charge in [-0.05, 0) is 0 Å². The molecule has 0 rings (SSSR count). The summed E-state index contributed by atoms with van der Waals surface area (Å²) in [7, 11) is 0. The molecule has 0 bridgehead atoms. The predicted octanol–water partition coefficient (Wildman–Crippen LogP) is -0.0788. The predicted molar refractivity (Wildman–Crippen MR) is 19.9 cm³/mol. The number of hydrogen-bond acceptors (Lipinski definition) is 3. The second-order valence-electron chi connectivity index (χ2n) is 0.613. The Hall–Kier alpha value is 0.508. The number of thiol groups is 1. The van der Waals surface area contributed by atoms with Gasteiger partial charge in [-0.15, -0.1) is 0 Å². The Balaban J connectivity index is 2.99. The molecule has 0 atom stereocenters. The first-order chi connectivity index (χ1) is 2.81. The van der Waals surface area contributed by atoms with Crippen molar-refractivity contribution in [1.29, 1.82) is 0 Å². The zero-order valence-electron chi connectivity index (χ0n) is 2.88. The second kappa shape index (κ2) is 3.69. The molecular weight excluding hydrogens is 184 g/mol. The fraction of sp³-hybridized carbons (Fsp3) is 0.500. The Morgan fingerprint density at radius 2 is 2.50 bits per heavy atom. The van der Waals surface area contributed by atoms with Crippen molar-refractivity contribution in [1.82, 2.24) is 0 Å². The zero-order valence-corrected chi connectivity index (χ0v) is 5.78. The molecule has 0 aliphatic rings. The van der Waals surface area contributed by atoms with Crippen LogP contribution in [0.4, 0.5) is 0 Å². The molecule has 0 unspecified atom stereocenters. The van der Waals surface area contributed by atoms with E-state index in [9.17, 15) is 4.79 Å². The Kier molecular flexibility index (Phi) is 4.00. The van der Waals surface area contributed by atoms with E-state index in [1.165, 1.54) is 20.2 Å². The van der Waals surface area contributed by atoms with Crippen LogP contribution in [0.25, 0.3) is 0 Å². The monoisotopic (exact) mass is 189 g/mol. The molecular formula is C2H3MoO2S. The molecule has 0 aliphatic carbocycles. The van der Waals surface area contributed by atoms with Crippen LogP contribution in [0.2, 0.25) is 0 Å². The maximum atomic E-state index is 9.88. The molecule has 2 nitrogen and oxygen atoms in total. The minimum atomic E-state index is -0.289. The first-order valence-corrected chi connectivity index (χ1v) is 2.70. The van der Waals surface area contributed by atoms with E-state index in [2.05, 4.69) is 16.0 Å². The van der Waals surface area contributed by atoms with Crippen molar-refractivity contribution in [2.24, 2.45) is 0 Å². The van der Waals surface area contributed by atoms with Crippen LogP contribution in [0.5, 0.6) is 0 Å². The van der Waals surface area contributed by atoms with Gasteiger partial charge in [-0.2, -0.15) is 0 Å². The van der Waals surface area contributed by atoms with E-state index < -0.39 is 0 Å². The summed E-state index contributed by atoms with van der Waals surface area (Å²) in [6.45, 7) is 0. The van der Waals surface area contributed by atoms with E-state index in [0.29, 0.717) is 0 Å². The Morgan fingerprint density at radius 1 is 2.00 bits per heavy atom. The van der Waals surface area contributed by atoms with Crippen molar-refractivity contribution in [2.75, 3.05) is 5.75 Å². The standard InChI is InChI=1S/C2H4O2S.Mo/c3-2(4)1-5;/h5H,1H2,(H,3,4);/q;+1/p-1. The van der Waals surface area contributed by atoms with Gasteiger partial charge in [-0.1, -0.05) is 0 Å². The van der Waals surface area contributed by atoms with Gasteiger partial charge in [-0.3, -0.25) is 0 Å².